The number of amides is 1. The Kier molecular flexibility index (Phi) is 7.39. The number of hydrogen-bond acceptors (Lipinski definition) is 5. The summed E-state index contributed by atoms with van der Waals surface area (Å²) in [6.07, 6.45) is 0. The molecule has 0 atom stereocenters. The zero-order valence-electron chi connectivity index (χ0n) is 15.2. The van der Waals surface area contributed by atoms with E-state index < -0.39 is 21.7 Å². The van der Waals surface area contributed by atoms with Crippen LogP contribution in [-0.2, 0) is 10.0 Å². The van der Waals surface area contributed by atoms with E-state index in [2.05, 4.69) is 5.32 Å². The van der Waals surface area contributed by atoms with Crippen molar-refractivity contribution >= 4 is 33.4 Å². The number of alkyl halides is 2. The lowest BCUT2D eigenvalue weighted by Gasteiger charge is -2.19. The van der Waals surface area contributed by atoms with Gasteiger partial charge in [-0.3, -0.25) is 4.79 Å². The third-order valence-electron chi connectivity index (χ3n) is 3.90. The molecule has 0 aliphatic heterocycles. The normalized spacial score (nSPS) is 11.8. The zero-order valence-corrected chi connectivity index (χ0v) is 16.9. The van der Waals surface area contributed by atoms with Crippen LogP contribution in [0.2, 0.25) is 0 Å². The fraction of sp³-hybridized carbons (Fsp3) is 0.278. The molecule has 152 valence electrons. The molecule has 28 heavy (non-hydrogen) atoms. The highest BCUT2D eigenvalue weighted by molar-refractivity contribution is 7.99. The van der Waals surface area contributed by atoms with Crippen molar-refractivity contribution in [1.29, 1.82) is 0 Å². The first-order chi connectivity index (χ1) is 13.2. The van der Waals surface area contributed by atoms with Gasteiger partial charge in [-0.15, -0.1) is 0 Å². The van der Waals surface area contributed by atoms with Crippen molar-refractivity contribution < 1.29 is 27.1 Å². The van der Waals surface area contributed by atoms with Gasteiger partial charge in [0.05, 0.1) is 10.6 Å². The van der Waals surface area contributed by atoms with Gasteiger partial charge < -0.3 is 10.4 Å². The van der Waals surface area contributed by atoms with E-state index >= 15 is 0 Å². The summed E-state index contributed by atoms with van der Waals surface area (Å²) in [5, 5.41) is 12.4. The van der Waals surface area contributed by atoms with E-state index in [1.165, 1.54) is 46.8 Å². The number of carbonyl (C=O) groups is 1. The fourth-order valence-corrected chi connectivity index (χ4v) is 4.45. The van der Waals surface area contributed by atoms with Crippen LogP contribution in [-0.4, -0.2) is 42.6 Å². The Morgan fingerprint density at radius 2 is 1.75 bits per heavy atom. The minimum atomic E-state index is -3.76. The van der Waals surface area contributed by atoms with E-state index in [0.29, 0.717) is 16.7 Å². The molecule has 1 amide bonds. The molecule has 2 rings (SSSR count). The van der Waals surface area contributed by atoms with Crippen molar-refractivity contribution in [2.75, 3.05) is 18.4 Å². The molecule has 0 fully saturated rings. The molecule has 0 radical (unpaired) electrons. The molecule has 2 aromatic rings. The summed E-state index contributed by atoms with van der Waals surface area (Å²) in [6, 6.07) is 9.13. The monoisotopic (exact) mass is 430 g/mol. The van der Waals surface area contributed by atoms with E-state index in [4.69, 9.17) is 0 Å². The number of nitrogens with one attached hydrogen (secondary N) is 1. The quantitative estimate of drug-likeness (QED) is 0.489. The van der Waals surface area contributed by atoms with Crippen LogP contribution in [0.15, 0.2) is 52.3 Å². The summed E-state index contributed by atoms with van der Waals surface area (Å²) >= 11 is 0.360. The number of carbonyl (C=O) groups excluding carboxylic acids is 1. The van der Waals surface area contributed by atoms with E-state index in [9.17, 15) is 27.1 Å². The van der Waals surface area contributed by atoms with E-state index in [-0.39, 0.29) is 35.0 Å². The third kappa shape index (κ3) is 5.21. The first-order valence-corrected chi connectivity index (χ1v) is 10.7. The van der Waals surface area contributed by atoms with Gasteiger partial charge in [0.25, 0.3) is 11.7 Å². The van der Waals surface area contributed by atoms with Crippen LogP contribution >= 0.6 is 11.8 Å². The summed E-state index contributed by atoms with van der Waals surface area (Å²) < 4.78 is 51.2. The van der Waals surface area contributed by atoms with Crippen LogP contribution in [0.1, 0.15) is 24.2 Å². The Morgan fingerprint density at radius 3 is 2.29 bits per heavy atom. The molecule has 0 unspecified atom stereocenters. The van der Waals surface area contributed by atoms with Crippen molar-refractivity contribution in [3.05, 3.63) is 48.0 Å². The lowest BCUT2D eigenvalue weighted by atomic mass is 10.2. The topological polar surface area (TPSA) is 86.7 Å². The number of thioether (sulfide) groups is 1. The molecular weight excluding hydrogens is 410 g/mol. The van der Waals surface area contributed by atoms with Crippen LogP contribution in [0, 0.1) is 0 Å². The number of aromatic hydroxyl groups is 1. The van der Waals surface area contributed by atoms with Crippen LogP contribution in [0.4, 0.5) is 14.5 Å². The van der Waals surface area contributed by atoms with Gasteiger partial charge in [-0.2, -0.15) is 13.1 Å². The second-order valence-corrected chi connectivity index (χ2v) is 8.63. The van der Waals surface area contributed by atoms with E-state index in [1.807, 2.05) is 0 Å². The lowest BCUT2D eigenvalue weighted by molar-refractivity contribution is 0.102. The Bertz CT molecular complexity index is 931. The predicted molar refractivity (Wildman–Crippen MR) is 104 cm³/mol. The molecule has 0 spiro atoms. The highest BCUT2D eigenvalue weighted by Crippen LogP contribution is 2.29. The van der Waals surface area contributed by atoms with Gasteiger partial charge in [0.2, 0.25) is 10.0 Å². The minimum absolute atomic E-state index is 0.0621. The largest absolute Gasteiger partial charge is 0.506 e. The van der Waals surface area contributed by atoms with Crippen LogP contribution in [0.3, 0.4) is 0 Å². The first-order valence-electron chi connectivity index (χ1n) is 8.38. The molecule has 0 heterocycles. The number of phenols is 1. The Labute approximate surface area is 166 Å². The molecule has 0 saturated heterocycles. The van der Waals surface area contributed by atoms with Crippen molar-refractivity contribution in [3.63, 3.8) is 0 Å². The zero-order chi connectivity index (χ0) is 20.9. The number of phenolic OH excluding ortho intramolecular Hbond substituents is 1. The van der Waals surface area contributed by atoms with Gasteiger partial charge in [0.1, 0.15) is 5.75 Å². The molecular formula is C18H20F2N2O4S2. The predicted octanol–water partition coefficient (Wildman–Crippen LogP) is 3.99. The molecule has 6 nitrogen and oxygen atoms in total. The first kappa shape index (κ1) is 22.1. The summed E-state index contributed by atoms with van der Waals surface area (Å²) in [5.41, 5.74) is 0.110. The van der Waals surface area contributed by atoms with Crippen molar-refractivity contribution in [2.45, 2.75) is 29.4 Å². The maximum Gasteiger partial charge on any atom is 0.288 e. The SMILES string of the molecule is CCN(CC)S(=O)(=O)c1ccc(O)c(NC(=O)c2ccc(SC(F)F)cc2)c1. The Balaban J connectivity index is 2.25. The number of anilines is 1. The summed E-state index contributed by atoms with van der Waals surface area (Å²) in [6.45, 7) is 3.98. The fourth-order valence-electron chi connectivity index (χ4n) is 2.47. The molecule has 0 aliphatic rings. The number of halogens is 2. The number of nitrogens with zero attached hydrogens (tertiary/aromatic N) is 1. The number of sulfonamides is 1. The second kappa shape index (κ2) is 9.35. The smallest absolute Gasteiger partial charge is 0.288 e. The Morgan fingerprint density at radius 1 is 1.14 bits per heavy atom. The second-order valence-electron chi connectivity index (χ2n) is 5.63. The lowest BCUT2D eigenvalue weighted by Crippen LogP contribution is -2.30. The minimum Gasteiger partial charge on any atom is -0.506 e. The average molecular weight is 430 g/mol. The van der Waals surface area contributed by atoms with Gasteiger partial charge in [-0.1, -0.05) is 25.6 Å². The van der Waals surface area contributed by atoms with Gasteiger partial charge >= 0.3 is 0 Å². The average Bonchev–Trinajstić information content (AvgIpc) is 2.64. The maximum absolute atomic E-state index is 12.6. The highest BCUT2D eigenvalue weighted by atomic mass is 32.2. The number of rotatable bonds is 8. The maximum atomic E-state index is 12.6. The van der Waals surface area contributed by atoms with Crippen molar-refractivity contribution in [2.24, 2.45) is 0 Å². The molecule has 0 bridgehead atoms. The highest BCUT2D eigenvalue weighted by Gasteiger charge is 2.23. The van der Waals surface area contributed by atoms with E-state index in [1.54, 1.807) is 13.8 Å². The molecule has 2 aromatic carbocycles. The number of hydrogen-bond donors (Lipinski definition) is 2. The molecule has 0 aromatic heterocycles. The molecule has 2 N–H and O–H groups in total. The van der Waals surface area contributed by atoms with Gasteiger partial charge in [-0.25, -0.2) is 8.42 Å². The van der Waals surface area contributed by atoms with Gasteiger partial charge in [-0.05, 0) is 42.5 Å². The molecule has 0 saturated carbocycles. The third-order valence-corrected chi connectivity index (χ3v) is 6.67. The summed E-state index contributed by atoms with van der Waals surface area (Å²) in [5.74, 6) is -3.47. The van der Waals surface area contributed by atoms with Gasteiger partial charge in [0.15, 0.2) is 0 Å². The van der Waals surface area contributed by atoms with E-state index in [0.717, 1.165) is 0 Å². The summed E-state index contributed by atoms with van der Waals surface area (Å²) in [4.78, 5) is 12.6. The van der Waals surface area contributed by atoms with Crippen molar-refractivity contribution in [3.8, 4) is 5.75 Å². The molecule has 0 aliphatic carbocycles. The van der Waals surface area contributed by atoms with Crippen molar-refractivity contribution in [1.82, 2.24) is 4.31 Å². The van der Waals surface area contributed by atoms with Gasteiger partial charge in [0, 0.05) is 23.5 Å². The molecule has 10 heteroatoms. The summed E-state index contributed by atoms with van der Waals surface area (Å²) in [7, 11) is -3.76. The van der Waals surface area contributed by atoms with Crippen LogP contribution in [0.25, 0.3) is 0 Å². The number of benzene rings is 2. The van der Waals surface area contributed by atoms with Crippen LogP contribution in [0.5, 0.6) is 5.75 Å². The standard InChI is InChI=1S/C18H20F2N2O4S2/c1-3-22(4-2)28(25,26)14-9-10-16(23)15(11-14)21-17(24)12-5-7-13(8-6-12)27-18(19)20/h5-11,18,23H,3-4H2,1-2H3,(H,21,24). The van der Waals surface area contributed by atoms with Crippen LogP contribution < -0.4 is 5.32 Å². The Hall–Kier alpha value is -2.17.